The predicted molar refractivity (Wildman–Crippen MR) is 71.7 cm³/mol. The zero-order valence-electron chi connectivity index (χ0n) is 10.9. The molecule has 3 rings (SSSR count). The molecule has 2 heterocycles. The maximum atomic E-state index is 12.4. The van der Waals surface area contributed by atoms with Crippen molar-refractivity contribution in [3.8, 4) is 0 Å². The smallest absolute Gasteiger partial charge is 0.253 e. The topological polar surface area (TPSA) is 23.6 Å². The molecule has 1 atom stereocenters. The van der Waals surface area contributed by atoms with E-state index in [2.05, 4.69) is 4.90 Å². The Hall–Kier alpha value is -1.35. The minimum Gasteiger partial charge on any atom is -0.336 e. The van der Waals surface area contributed by atoms with Crippen LogP contribution in [0.1, 0.15) is 28.8 Å². The average Bonchev–Trinajstić information content (AvgIpc) is 2.86. The lowest BCUT2D eigenvalue weighted by Gasteiger charge is -2.37. The number of rotatable bonds is 1. The summed E-state index contributed by atoms with van der Waals surface area (Å²) in [6.07, 6.45) is 2.54. The first kappa shape index (κ1) is 11.7. The van der Waals surface area contributed by atoms with Crippen molar-refractivity contribution in [2.45, 2.75) is 25.8 Å². The molecule has 0 saturated carbocycles. The molecule has 1 unspecified atom stereocenters. The van der Waals surface area contributed by atoms with Crippen LogP contribution in [0.3, 0.4) is 0 Å². The van der Waals surface area contributed by atoms with Crippen molar-refractivity contribution < 1.29 is 4.79 Å². The number of amides is 1. The number of hydrogen-bond acceptors (Lipinski definition) is 2. The fourth-order valence-corrected chi connectivity index (χ4v) is 3.05. The quantitative estimate of drug-likeness (QED) is 0.753. The van der Waals surface area contributed by atoms with Crippen molar-refractivity contribution in [3.63, 3.8) is 0 Å². The second-order valence-electron chi connectivity index (χ2n) is 5.45. The second kappa shape index (κ2) is 4.73. The molecule has 0 spiro atoms. The molecular formula is C15H20N2O. The van der Waals surface area contributed by atoms with Gasteiger partial charge in [0, 0.05) is 31.2 Å². The van der Waals surface area contributed by atoms with Crippen molar-refractivity contribution in [3.05, 3.63) is 35.4 Å². The molecule has 2 aliphatic rings. The Morgan fingerprint density at radius 3 is 2.72 bits per heavy atom. The molecule has 0 aromatic heterocycles. The maximum Gasteiger partial charge on any atom is 0.253 e. The van der Waals surface area contributed by atoms with Gasteiger partial charge in [0.2, 0.25) is 0 Å². The number of hydrogen-bond donors (Lipinski definition) is 0. The van der Waals surface area contributed by atoms with Crippen molar-refractivity contribution >= 4 is 5.91 Å². The summed E-state index contributed by atoms with van der Waals surface area (Å²) in [5.74, 6) is 0.196. The van der Waals surface area contributed by atoms with Gasteiger partial charge in [-0.3, -0.25) is 9.69 Å². The maximum absolute atomic E-state index is 12.4. The van der Waals surface area contributed by atoms with E-state index in [0.717, 1.165) is 25.2 Å². The summed E-state index contributed by atoms with van der Waals surface area (Å²) in [5, 5.41) is 0. The predicted octanol–water partition coefficient (Wildman–Crippen LogP) is 1.92. The fraction of sp³-hybridized carbons (Fsp3) is 0.533. The summed E-state index contributed by atoms with van der Waals surface area (Å²) in [6, 6.07) is 8.52. The summed E-state index contributed by atoms with van der Waals surface area (Å²) < 4.78 is 0. The highest BCUT2D eigenvalue weighted by Crippen LogP contribution is 2.22. The van der Waals surface area contributed by atoms with Crippen molar-refractivity contribution in [2.75, 3.05) is 26.2 Å². The lowest BCUT2D eigenvalue weighted by molar-refractivity contribution is 0.0571. The molecule has 18 heavy (non-hydrogen) atoms. The molecule has 96 valence electrons. The van der Waals surface area contributed by atoms with E-state index in [9.17, 15) is 4.79 Å². The second-order valence-corrected chi connectivity index (χ2v) is 5.45. The van der Waals surface area contributed by atoms with Gasteiger partial charge in [0.05, 0.1) is 0 Å². The Balaban J connectivity index is 1.71. The fourth-order valence-electron chi connectivity index (χ4n) is 3.05. The van der Waals surface area contributed by atoms with E-state index >= 15 is 0 Å². The van der Waals surface area contributed by atoms with E-state index in [-0.39, 0.29) is 5.91 Å². The SMILES string of the molecule is Cc1ccc(C(=O)N2CCN3CCCC3C2)cc1. The highest BCUT2D eigenvalue weighted by atomic mass is 16.2. The molecule has 3 nitrogen and oxygen atoms in total. The Labute approximate surface area is 108 Å². The van der Waals surface area contributed by atoms with Gasteiger partial charge in [-0.2, -0.15) is 0 Å². The van der Waals surface area contributed by atoms with Crippen LogP contribution >= 0.6 is 0 Å². The molecule has 0 radical (unpaired) electrons. The molecule has 1 aromatic rings. The molecule has 0 aliphatic carbocycles. The van der Waals surface area contributed by atoms with Gasteiger partial charge in [-0.1, -0.05) is 17.7 Å². The molecular weight excluding hydrogens is 224 g/mol. The number of aryl methyl sites for hydroxylation is 1. The number of carbonyl (C=O) groups excluding carboxylic acids is 1. The van der Waals surface area contributed by atoms with Gasteiger partial charge in [-0.25, -0.2) is 0 Å². The van der Waals surface area contributed by atoms with Crippen LogP contribution in [0.25, 0.3) is 0 Å². The van der Waals surface area contributed by atoms with Crippen molar-refractivity contribution in [1.29, 1.82) is 0 Å². The van der Waals surface area contributed by atoms with E-state index in [1.807, 2.05) is 36.1 Å². The van der Waals surface area contributed by atoms with Crippen LogP contribution in [0, 0.1) is 6.92 Å². The van der Waals surface area contributed by atoms with E-state index in [0.29, 0.717) is 6.04 Å². The third kappa shape index (κ3) is 2.15. The van der Waals surface area contributed by atoms with Crippen LogP contribution in [0.4, 0.5) is 0 Å². The van der Waals surface area contributed by atoms with E-state index < -0.39 is 0 Å². The van der Waals surface area contributed by atoms with E-state index in [4.69, 9.17) is 0 Å². The standard InChI is InChI=1S/C15H20N2O/c1-12-4-6-13(7-5-12)15(18)17-10-9-16-8-2-3-14(16)11-17/h4-7,14H,2-3,8-11H2,1H3. The third-order valence-electron chi connectivity index (χ3n) is 4.17. The largest absolute Gasteiger partial charge is 0.336 e. The minimum absolute atomic E-state index is 0.196. The molecule has 2 fully saturated rings. The van der Waals surface area contributed by atoms with Gasteiger partial charge >= 0.3 is 0 Å². The lowest BCUT2D eigenvalue weighted by Crippen LogP contribution is -2.52. The lowest BCUT2D eigenvalue weighted by atomic mass is 10.1. The zero-order valence-corrected chi connectivity index (χ0v) is 10.9. The van der Waals surface area contributed by atoms with Gasteiger partial charge in [0.15, 0.2) is 0 Å². The molecule has 2 aliphatic heterocycles. The van der Waals surface area contributed by atoms with Crippen molar-refractivity contribution in [1.82, 2.24) is 9.80 Å². The van der Waals surface area contributed by atoms with E-state index in [1.165, 1.54) is 24.9 Å². The van der Waals surface area contributed by atoms with Crippen molar-refractivity contribution in [2.24, 2.45) is 0 Å². The first-order valence-electron chi connectivity index (χ1n) is 6.84. The van der Waals surface area contributed by atoms with Crippen LogP contribution in [-0.2, 0) is 0 Å². The van der Waals surface area contributed by atoms with Crippen LogP contribution in [-0.4, -0.2) is 47.9 Å². The summed E-state index contributed by atoms with van der Waals surface area (Å²) in [5.41, 5.74) is 2.03. The first-order chi connectivity index (χ1) is 8.74. The molecule has 1 aromatic carbocycles. The molecule has 0 bridgehead atoms. The average molecular weight is 244 g/mol. The van der Waals surface area contributed by atoms with Crippen LogP contribution in [0.15, 0.2) is 24.3 Å². The molecule has 3 heteroatoms. The number of nitrogens with zero attached hydrogens (tertiary/aromatic N) is 2. The Morgan fingerprint density at radius 2 is 1.94 bits per heavy atom. The number of fused-ring (bicyclic) bond motifs is 1. The zero-order chi connectivity index (χ0) is 12.5. The van der Waals surface area contributed by atoms with Crippen LogP contribution < -0.4 is 0 Å². The summed E-state index contributed by atoms with van der Waals surface area (Å²) in [4.78, 5) is 17.0. The summed E-state index contributed by atoms with van der Waals surface area (Å²) in [7, 11) is 0. The van der Waals surface area contributed by atoms with Gasteiger partial charge in [0.1, 0.15) is 0 Å². The number of carbonyl (C=O) groups is 1. The van der Waals surface area contributed by atoms with Gasteiger partial charge in [0.25, 0.3) is 5.91 Å². The van der Waals surface area contributed by atoms with Gasteiger partial charge < -0.3 is 4.90 Å². The number of piperazine rings is 1. The normalized spacial score (nSPS) is 24.1. The van der Waals surface area contributed by atoms with Crippen LogP contribution in [0.2, 0.25) is 0 Å². The molecule has 1 amide bonds. The number of benzene rings is 1. The summed E-state index contributed by atoms with van der Waals surface area (Å²) >= 11 is 0. The van der Waals surface area contributed by atoms with Gasteiger partial charge in [-0.05, 0) is 38.4 Å². The molecule has 0 N–H and O–H groups in total. The highest BCUT2D eigenvalue weighted by Gasteiger charge is 2.32. The summed E-state index contributed by atoms with van der Waals surface area (Å²) in [6.45, 7) is 6.10. The van der Waals surface area contributed by atoms with E-state index in [1.54, 1.807) is 0 Å². The monoisotopic (exact) mass is 244 g/mol. The van der Waals surface area contributed by atoms with Crippen LogP contribution in [0.5, 0.6) is 0 Å². The molecule has 2 saturated heterocycles. The Kier molecular flexibility index (Phi) is 3.08. The Bertz CT molecular complexity index is 440. The Morgan fingerprint density at radius 1 is 1.17 bits per heavy atom. The third-order valence-corrected chi connectivity index (χ3v) is 4.17. The first-order valence-corrected chi connectivity index (χ1v) is 6.84. The van der Waals surface area contributed by atoms with Gasteiger partial charge in [-0.15, -0.1) is 0 Å². The minimum atomic E-state index is 0.196. The highest BCUT2D eigenvalue weighted by molar-refractivity contribution is 5.94.